The van der Waals surface area contributed by atoms with Crippen LogP contribution in [0.3, 0.4) is 0 Å². The van der Waals surface area contributed by atoms with Crippen LogP contribution < -0.4 is 92.1 Å². The molecule has 1 aromatic carbocycles. The summed E-state index contributed by atoms with van der Waals surface area (Å²) < 4.78 is 0. The molecule has 0 radical (unpaired) electrons. The molecule has 14 atom stereocenters. The zero-order valence-electron chi connectivity index (χ0n) is 66.4. The summed E-state index contributed by atoms with van der Waals surface area (Å²) in [5.74, 6) is -17.0. The molecule has 1 aliphatic rings. The van der Waals surface area contributed by atoms with Crippen molar-refractivity contribution < 1.29 is 91.7 Å². The highest BCUT2D eigenvalue weighted by atomic mass is 16.4. The molecule has 0 saturated heterocycles. The Morgan fingerprint density at radius 3 is 1.65 bits per heavy atom. The lowest BCUT2D eigenvalue weighted by Gasteiger charge is -2.34. The molecule has 111 heavy (non-hydrogen) atoms. The highest BCUT2D eigenvalue weighted by molar-refractivity contribution is 6.01. The molecular weight excluding hydrogens is 1440 g/mol. The minimum Gasteiger partial charge on any atom is -0.481 e. The van der Waals surface area contributed by atoms with Gasteiger partial charge in [0, 0.05) is 12.8 Å². The molecule has 0 bridgehead atoms. The molecule has 622 valence electrons. The van der Waals surface area contributed by atoms with E-state index in [1.807, 2.05) is 0 Å². The smallest absolute Gasteiger partial charge is 0.305 e. The number of Topliss-reactive ketones (excluding diaryl/α,β-unsaturated/α-hetero) is 2. The van der Waals surface area contributed by atoms with Crippen LogP contribution in [0.2, 0.25) is 0 Å². The first-order valence-electron chi connectivity index (χ1n) is 37.9. The van der Waals surface area contributed by atoms with Crippen LogP contribution in [0, 0.1) is 23.7 Å². The van der Waals surface area contributed by atoms with E-state index in [4.69, 9.17) is 22.9 Å². The van der Waals surface area contributed by atoms with E-state index in [1.54, 1.807) is 84.0 Å². The summed E-state index contributed by atoms with van der Waals surface area (Å²) in [6, 6.07) is -7.31. The SMILES string of the molecule is CC(=O)CN[C@@H](CC(=O)O)C(=O)N[C@H](C(=O)N[C@@H](CC(N)=O)C(=O)CN[C@H](C(=O)N[C@@H](CC(C)C)C(=O)N[C@@H](CC(C)C)C(=O)N[C@@H](Cc1ccccc1)C(=O)N[C@@]1(C)CCCC=CCCC[C@@](C)(C(=O)N[C@@H](CCC(N)=O)C(N)=O)NC(=O)[C@H](C)NC(=O)[C@H](C(C)C)NC(=O)[C@H](CCCCN)NC1=O)[C@@H](C)O)C(C)C. The monoisotopic (exact) mass is 1570 g/mol. The van der Waals surface area contributed by atoms with Crippen LogP contribution in [0.25, 0.3) is 0 Å². The molecule has 0 aromatic heterocycles. The second kappa shape index (κ2) is 48.1. The maximum Gasteiger partial charge on any atom is 0.305 e. The number of primary amides is 3. The summed E-state index contributed by atoms with van der Waals surface area (Å²) >= 11 is 0. The average molecular weight is 1570 g/mol. The number of aliphatic hydroxyl groups is 1. The third kappa shape index (κ3) is 35.4. The summed E-state index contributed by atoms with van der Waals surface area (Å²) in [6.07, 6.45) is 1.48. The molecule has 0 saturated carbocycles. The zero-order chi connectivity index (χ0) is 84.2. The van der Waals surface area contributed by atoms with Crippen molar-refractivity contribution in [1.29, 1.82) is 0 Å². The van der Waals surface area contributed by atoms with Crippen molar-refractivity contribution in [3.05, 3.63) is 48.0 Å². The van der Waals surface area contributed by atoms with E-state index >= 15 is 9.59 Å². The molecule has 0 aliphatic carbocycles. The van der Waals surface area contributed by atoms with E-state index in [1.165, 1.54) is 48.5 Å². The van der Waals surface area contributed by atoms with Crippen LogP contribution in [0.1, 0.15) is 192 Å². The summed E-state index contributed by atoms with van der Waals surface area (Å²) in [5.41, 5.74) is 19.2. The second-order valence-electron chi connectivity index (χ2n) is 30.5. The van der Waals surface area contributed by atoms with Crippen molar-refractivity contribution in [3.8, 4) is 0 Å². The Morgan fingerprint density at radius 1 is 0.586 bits per heavy atom. The number of carboxylic acids is 1. The van der Waals surface area contributed by atoms with E-state index in [-0.39, 0.29) is 89.1 Å². The summed E-state index contributed by atoms with van der Waals surface area (Å²) in [4.78, 5) is 232. The van der Waals surface area contributed by atoms with Crippen LogP contribution >= 0.6 is 0 Å². The number of nitrogens with two attached hydrogens (primary N) is 4. The maximum atomic E-state index is 15.2. The predicted octanol–water partition coefficient (Wildman–Crippen LogP) is -2.64. The van der Waals surface area contributed by atoms with Gasteiger partial charge in [-0.15, -0.1) is 0 Å². The Labute approximate surface area is 649 Å². The lowest BCUT2D eigenvalue weighted by molar-refractivity contribution is -0.140. The summed E-state index contributed by atoms with van der Waals surface area (Å²) in [7, 11) is 0. The van der Waals surface area contributed by atoms with Gasteiger partial charge in [-0.05, 0) is 147 Å². The largest absolute Gasteiger partial charge is 0.481 e. The van der Waals surface area contributed by atoms with Gasteiger partial charge in [0.05, 0.1) is 44.1 Å². The quantitative estimate of drug-likeness (QED) is 0.0235. The normalized spacial score (nSPS) is 20.7. The molecule has 23 N–H and O–H groups in total. The minimum atomic E-state index is -1.87. The van der Waals surface area contributed by atoms with Gasteiger partial charge >= 0.3 is 5.97 Å². The predicted molar refractivity (Wildman–Crippen MR) is 409 cm³/mol. The van der Waals surface area contributed by atoms with Crippen molar-refractivity contribution in [2.75, 3.05) is 19.6 Å². The topological polar surface area (TPSA) is 591 Å². The number of hydrogen-bond donors (Lipinski definition) is 19. The van der Waals surface area contributed by atoms with Crippen molar-refractivity contribution in [2.45, 2.75) is 276 Å². The Kier molecular flexibility index (Phi) is 42.1. The van der Waals surface area contributed by atoms with Crippen molar-refractivity contribution in [3.63, 3.8) is 0 Å². The standard InChI is InChI=1S/C75H123N17O19/c1-40(2)33-52(84-67(105)53(34-41(3)4)86-71(109)61(46(11)94)81-39-55(95)50(36-57(78)97)83-70(108)60(43(7)8)90-65(103)51(37-58(98)99)80-38-44(9)93)66(104)85-54(35-47-25-19-18-20-26-47)68(106)92-75(13)31-23-17-15-14-16-22-30-74(12,72(110)87-48(62(79)100)28-29-56(77)96)91-63(101)45(10)82-69(107)59(42(5)6)89-64(102)49(88-73(75)111)27-21-24-32-76/h14-15,18-20,25-26,40-43,45-46,48-54,59-61,80-81,94H,16-17,21-24,27-39,76H2,1-13H3,(H2,77,96)(H2,78,97)(H2,79,100)(H,82,107)(H,83,108)(H,84,105)(H,85,104)(H,86,109)(H,87,110)(H,88,111)(H,89,102)(H,90,103)(H,91,101)(H,92,106)(H,98,99)/t45-,46+,48-,49-,50-,51-,52-,53-,54-,59-,60-,61-,74-,75-/m0/s1. The van der Waals surface area contributed by atoms with Gasteiger partial charge in [-0.2, -0.15) is 0 Å². The number of amides is 14. The highest BCUT2D eigenvalue weighted by Gasteiger charge is 2.43. The van der Waals surface area contributed by atoms with E-state index in [9.17, 15) is 82.1 Å². The van der Waals surface area contributed by atoms with Crippen LogP contribution in [0.5, 0.6) is 0 Å². The van der Waals surface area contributed by atoms with Gasteiger partial charge in [0.2, 0.25) is 82.7 Å². The number of aliphatic hydroxyl groups excluding tert-OH is 1. The number of carbonyl (C=O) groups is 17. The third-order valence-electron chi connectivity index (χ3n) is 18.5. The molecule has 36 heteroatoms. The average Bonchev–Trinajstić information content (AvgIpc) is 0.969. The molecule has 0 spiro atoms. The Balaban J connectivity index is 2.66. The Bertz CT molecular complexity index is 3410. The summed E-state index contributed by atoms with van der Waals surface area (Å²) in [6.45, 7) is 19.0. The van der Waals surface area contributed by atoms with Gasteiger partial charge in [-0.25, -0.2) is 0 Å². The second-order valence-corrected chi connectivity index (χ2v) is 30.5. The number of unbranched alkanes of at least 4 members (excludes halogenated alkanes) is 1. The number of benzene rings is 1. The van der Waals surface area contributed by atoms with E-state index < -0.39 is 215 Å². The van der Waals surface area contributed by atoms with Gasteiger partial charge in [-0.1, -0.05) is 97.9 Å². The van der Waals surface area contributed by atoms with E-state index in [0.717, 1.165) is 0 Å². The number of nitrogens with one attached hydrogen (secondary N) is 13. The number of allylic oxidation sites excluding steroid dienone is 2. The molecule has 0 unspecified atom stereocenters. The van der Waals surface area contributed by atoms with Crippen LogP contribution in [-0.2, 0) is 87.9 Å². The van der Waals surface area contributed by atoms with Crippen LogP contribution in [-0.4, -0.2) is 214 Å². The fourth-order valence-corrected chi connectivity index (χ4v) is 12.0. The fraction of sp³-hybridized carbons (Fsp3) is 0.667. The molecule has 1 aromatic rings. The molecule has 1 aliphatic heterocycles. The fourth-order valence-electron chi connectivity index (χ4n) is 12.0. The number of aliphatic carboxylic acids is 1. The molecular formula is C75H123N17O19. The van der Waals surface area contributed by atoms with E-state index in [0.29, 0.717) is 31.2 Å². The lowest BCUT2D eigenvalue weighted by atomic mass is 9.91. The molecule has 2 rings (SSSR count). The minimum absolute atomic E-state index is 0.00364. The number of carbonyl (C=O) groups excluding carboxylic acids is 16. The third-order valence-corrected chi connectivity index (χ3v) is 18.5. The molecule has 0 fully saturated rings. The molecule has 1 heterocycles. The van der Waals surface area contributed by atoms with Gasteiger partial charge in [-0.3, -0.25) is 92.1 Å². The first kappa shape index (κ1) is 97.3. The summed E-state index contributed by atoms with van der Waals surface area (Å²) in [5, 5.41) is 54.8. The first-order valence-corrected chi connectivity index (χ1v) is 37.9. The first-order chi connectivity index (χ1) is 51.8. The Morgan fingerprint density at radius 2 is 1.14 bits per heavy atom. The van der Waals surface area contributed by atoms with Gasteiger partial charge in [0.1, 0.15) is 71.2 Å². The number of ketones is 2. The van der Waals surface area contributed by atoms with Gasteiger partial charge in [0.25, 0.3) is 0 Å². The van der Waals surface area contributed by atoms with Gasteiger partial charge in [0.15, 0.2) is 5.78 Å². The number of rotatable bonds is 42. The van der Waals surface area contributed by atoms with Crippen molar-refractivity contribution in [1.82, 2.24) is 69.1 Å². The van der Waals surface area contributed by atoms with Crippen molar-refractivity contribution in [2.24, 2.45) is 46.6 Å². The molecule has 36 nitrogen and oxygen atoms in total. The number of carboxylic acid groups (broad SMARTS) is 1. The van der Waals surface area contributed by atoms with Crippen molar-refractivity contribution >= 4 is 100 Å². The van der Waals surface area contributed by atoms with Crippen LogP contribution in [0.15, 0.2) is 42.5 Å². The number of hydrogen-bond acceptors (Lipinski definition) is 21. The zero-order valence-corrected chi connectivity index (χ0v) is 66.4. The lowest BCUT2D eigenvalue weighted by Crippen LogP contribution is -2.65. The van der Waals surface area contributed by atoms with Crippen LogP contribution in [0.4, 0.5) is 0 Å². The maximum absolute atomic E-state index is 15.2. The Hall–Kier alpha value is -9.81. The van der Waals surface area contributed by atoms with E-state index in [2.05, 4.69) is 69.1 Å². The highest BCUT2D eigenvalue weighted by Crippen LogP contribution is 2.22. The molecule has 14 amide bonds. The van der Waals surface area contributed by atoms with Gasteiger partial charge < -0.3 is 91.6 Å².